The zero-order valence-corrected chi connectivity index (χ0v) is 12.2. The average Bonchev–Trinajstić information content (AvgIpc) is 2.44. The lowest BCUT2D eigenvalue weighted by Crippen LogP contribution is -2.15. The first-order chi connectivity index (χ1) is 9.52. The molecule has 0 aliphatic heterocycles. The summed E-state index contributed by atoms with van der Waals surface area (Å²) in [6, 6.07) is 11.5. The Morgan fingerprint density at radius 3 is 2.55 bits per heavy atom. The molecule has 3 N–H and O–H groups in total. The average molecular weight is 268 g/mol. The Morgan fingerprint density at radius 2 is 1.85 bits per heavy atom. The number of nitrogens with two attached hydrogens (primary N) is 1. The smallest absolute Gasteiger partial charge is 0.255 e. The zero-order valence-electron chi connectivity index (χ0n) is 12.2. The number of carbonyl (C=O) groups excluding carboxylic acids is 1. The van der Waals surface area contributed by atoms with Crippen molar-refractivity contribution in [3.63, 3.8) is 0 Å². The van der Waals surface area contributed by atoms with Crippen molar-refractivity contribution in [2.45, 2.75) is 27.2 Å². The Labute approximate surface area is 119 Å². The summed E-state index contributed by atoms with van der Waals surface area (Å²) in [7, 11) is 0. The van der Waals surface area contributed by atoms with Crippen LogP contribution in [0.25, 0.3) is 0 Å². The van der Waals surface area contributed by atoms with E-state index in [0.29, 0.717) is 0 Å². The van der Waals surface area contributed by atoms with Gasteiger partial charge in [-0.25, -0.2) is 0 Å². The number of hydrogen-bond donors (Lipinski definition) is 2. The van der Waals surface area contributed by atoms with Gasteiger partial charge in [0.25, 0.3) is 5.91 Å². The Balaban J connectivity index is 2.30. The van der Waals surface area contributed by atoms with Gasteiger partial charge in [0.1, 0.15) is 0 Å². The highest BCUT2D eigenvalue weighted by Gasteiger charge is 2.11. The summed E-state index contributed by atoms with van der Waals surface area (Å²) >= 11 is 0. The van der Waals surface area contributed by atoms with Gasteiger partial charge in [0.05, 0.1) is 0 Å². The standard InChI is InChI=1S/C17H20N2O/c1-4-13-7-5-6-8-14(13)17(20)19-16-10-11(2)15(18)9-12(16)3/h5-10H,4,18H2,1-3H3,(H,19,20). The van der Waals surface area contributed by atoms with Gasteiger partial charge in [0.15, 0.2) is 0 Å². The van der Waals surface area contributed by atoms with Crippen LogP contribution in [0.3, 0.4) is 0 Å². The van der Waals surface area contributed by atoms with E-state index in [1.165, 1.54) is 0 Å². The number of nitrogen functional groups attached to an aromatic ring is 1. The van der Waals surface area contributed by atoms with Gasteiger partial charge in [-0.05, 0) is 55.2 Å². The number of anilines is 2. The number of benzene rings is 2. The second-order valence-corrected chi connectivity index (χ2v) is 4.99. The van der Waals surface area contributed by atoms with Crippen LogP contribution >= 0.6 is 0 Å². The quantitative estimate of drug-likeness (QED) is 0.834. The fourth-order valence-electron chi connectivity index (χ4n) is 2.21. The van der Waals surface area contributed by atoms with Gasteiger partial charge in [-0.3, -0.25) is 4.79 Å². The van der Waals surface area contributed by atoms with Crippen molar-refractivity contribution >= 4 is 17.3 Å². The third-order valence-corrected chi connectivity index (χ3v) is 3.50. The Morgan fingerprint density at radius 1 is 1.15 bits per heavy atom. The summed E-state index contributed by atoms with van der Waals surface area (Å²) in [4.78, 5) is 12.4. The van der Waals surface area contributed by atoms with E-state index in [-0.39, 0.29) is 5.91 Å². The number of aryl methyl sites for hydroxylation is 3. The molecule has 0 unspecified atom stereocenters. The summed E-state index contributed by atoms with van der Waals surface area (Å²) in [6.45, 7) is 5.92. The third-order valence-electron chi connectivity index (χ3n) is 3.50. The van der Waals surface area contributed by atoms with Gasteiger partial charge in [0, 0.05) is 16.9 Å². The molecule has 0 heterocycles. The van der Waals surface area contributed by atoms with E-state index in [1.54, 1.807) is 0 Å². The van der Waals surface area contributed by atoms with Crippen molar-refractivity contribution in [2.75, 3.05) is 11.1 Å². The van der Waals surface area contributed by atoms with Crippen LogP contribution in [0, 0.1) is 13.8 Å². The Hall–Kier alpha value is -2.29. The molecule has 0 spiro atoms. The molecule has 0 saturated heterocycles. The first-order valence-electron chi connectivity index (χ1n) is 6.79. The number of hydrogen-bond acceptors (Lipinski definition) is 2. The molecule has 3 nitrogen and oxygen atoms in total. The van der Waals surface area contributed by atoms with Crippen LogP contribution in [0.1, 0.15) is 34.0 Å². The summed E-state index contributed by atoms with van der Waals surface area (Å²) in [5, 5.41) is 2.97. The normalized spacial score (nSPS) is 10.3. The molecule has 0 aliphatic rings. The molecule has 2 aromatic rings. The van der Waals surface area contributed by atoms with Gasteiger partial charge in [-0.15, -0.1) is 0 Å². The van der Waals surface area contributed by atoms with Crippen LogP contribution in [0.4, 0.5) is 11.4 Å². The molecule has 0 aromatic heterocycles. The molecular formula is C17H20N2O. The monoisotopic (exact) mass is 268 g/mol. The topological polar surface area (TPSA) is 55.1 Å². The van der Waals surface area contributed by atoms with Crippen LogP contribution < -0.4 is 11.1 Å². The maximum absolute atomic E-state index is 12.4. The Kier molecular flexibility index (Phi) is 4.08. The molecule has 0 bridgehead atoms. The number of carbonyl (C=O) groups is 1. The SMILES string of the molecule is CCc1ccccc1C(=O)Nc1cc(C)c(N)cc1C. The molecule has 1 amide bonds. The molecule has 20 heavy (non-hydrogen) atoms. The van der Waals surface area contributed by atoms with Gasteiger partial charge in [-0.2, -0.15) is 0 Å². The molecule has 3 heteroatoms. The predicted octanol–water partition coefficient (Wildman–Crippen LogP) is 3.70. The summed E-state index contributed by atoms with van der Waals surface area (Å²) in [5.41, 5.74) is 11.1. The predicted molar refractivity (Wildman–Crippen MR) is 84.1 cm³/mol. The molecule has 0 atom stereocenters. The second kappa shape index (κ2) is 5.78. The van der Waals surface area contributed by atoms with E-state index in [1.807, 2.05) is 57.2 Å². The van der Waals surface area contributed by atoms with E-state index in [4.69, 9.17) is 5.73 Å². The van der Waals surface area contributed by atoms with Crippen molar-refractivity contribution in [1.29, 1.82) is 0 Å². The zero-order chi connectivity index (χ0) is 14.7. The highest BCUT2D eigenvalue weighted by atomic mass is 16.1. The van der Waals surface area contributed by atoms with Crippen LogP contribution in [0.5, 0.6) is 0 Å². The molecule has 0 saturated carbocycles. The minimum Gasteiger partial charge on any atom is -0.399 e. The van der Waals surface area contributed by atoms with Crippen LogP contribution in [0.2, 0.25) is 0 Å². The van der Waals surface area contributed by atoms with Crippen molar-refractivity contribution in [3.8, 4) is 0 Å². The van der Waals surface area contributed by atoms with Crippen molar-refractivity contribution < 1.29 is 4.79 Å². The van der Waals surface area contributed by atoms with Crippen molar-refractivity contribution in [3.05, 3.63) is 58.7 Å². The summed E-state index contributed by atoms with van der Waals surface area (Å²) < 4.78 is 0. The van der Waals surface area contributed by atoms with Gasteiger partial charge in [0.2, 0.25) is 0 Å². The number of nitrogens with one attached hydrogen (secondary N) is 1. The van der Waals surface area contributed by atoms with Gasteiger partial charge in [-0.1, -0.05) is 25.1 Å². The van der Waals surface area contributed by atoms with Crippen molar-refractivity contribution in [2.24, 2.45) is 0 Å². The molecule has 0 aliphatic carbocycles. The molecule has 2 rings (SSSR count). The second-order valence-electron chi connectivity index (χ2n) is 4.99. The molecular weight excluding hydrogens is 248 g/mol. The van der Waals surface area contributed by atoms with E-state index < -0.39 is 0 Å². The van der Waals surface area contributed by atoms with Gasteiger partial charge < -0.3 is 11.1 Å². The van der Waals surface area contributed by atoms with E-state index in [9.17, 15) is 4.79 Å². The summed E-state index contributed by atoms with van der Waals surface area (Å²) in [5.74, 6) is -0.0743. The first kappa shape index (κ1) is 14.1. The van der Waals surface area contributed by atoms with Crippen molar-refractivity contribution in [1.82, 2.24) is 0 Å². The minimum absolute atomic E-state index is 0.0743. The van der Waals surface area contributed by atoms with E-state index in [0.717, 1.165) is 40.0 Å². The van der Waals surface area contributed by atoms with Crippen LogP contribution in [-0.2, 0) is 6.42 Å². The number of rotatable bonds is 3. The lowest BCUT2D eigenvalue weighted by molar-refractivity contribution is 0.102. The summed E-state index contributed by atoms with van der Waals surface area (Å²) in [6.07, 6.45) is 0.837. The fraction of sp³-hybridized carbons (Fsp3) is 0.235. The highest BCUT2D eigenvalue weighted by molar-refractivity contribution is 6.05. The van der Waals surface area contributed by atoms with E-state index in [2.05, 4.69) is 5.32 Å². The first-order valence-corrected chi connectivity index (χ1v) is 6.79. The minimum atomic E-state index is -0.0743. The maximum atomic E-state index is 12.4. The maximum Gasteiger partial charge on any atom is 0.255 e. The Bertz CT molecular complexity index is 647. The molecule has 0 fully saturated rings. The number of amides is 1. The highest BCUT2D eigenvalue weighted by Crippen LogP contribution is 2.23. The molecule has 2 aromatic carbocycles. The largest absolute Gasteiger partial charge is 0.399 e. The molecule has 104 valence electrons. The lowest BCUT2D eigenvalue weighted by atomic mass is 10.0. The third kappa shape index (κ3) is 2.82. The molecule has 0 radical (unpaired) electrons. The lowest BCUT2D eigenvalue weighted by Gasteiger charge is -2.13. The van der Waals surface area contributed by atoms with Gasteiger partial charge >= 0.3 is 0 Å². The van der Waals surface area contributed by atoms with Crippen LogP contribution in [0.15, 0.2) is 36.4 Å². The fourth-order valence-corrected chi connectivity index (χ4v) is 2.21. The van der Waals surface area contributed by atoms with E-state index >= 15 is 0 Å². The van der Waals surface area contributed by atoms with Crippen LogP contribution in [-0.4, -0.2) is 5.91 Å².